The Labute approximate surface area is 301 Å². The Morgan fingerprint density at radius 2 is 1.33 bits per heavy atom. The second-order valence-corrected chi connectivity index (χ2v) is 13.8. The Bertz CT molecular complexity index is 2410. The molecule has 7 aromatic rings. The zero-order valence-corrected chi connectivity index (χ0v) is 30.1. The van der Waals surface area contributed by atoms with Gasteiger partial charge in [0, 0.05) is 28.8 Å². The molecular weight excluding hydrogens is 784 g/mol. The van der Waals surface area contributed by atoms with Crippen LogP contribution in [0.1, 0.15) is 37.5 Å². The van der Waals surface area contributed by atoms with E-state index in [1.165, 1.54) is 16.7 Å². The summed E-state index contributed by atoms with van der Waals surface area (Å²) in [6, 6.07) is 40.8. The van der Waals surface area contributed by atoms with Crippen LogP contribution in [0.5, 0.6) is 23.0 Å². The molecule has 5 aromatic carbocycles. The Balaban J connectivity index is 0.00000348. The predicted molar refractivity (Wildman–Crippen MR) is 193 cm³/mol. The summed E-state index contributed by atoms with van der Waals surface area (Å²) in [5, 5.41) is 0. The van der Waals surface area contributed by atoms with Crippen LogP contribution in [0.3, 0.4) is 0 Å². The van der Waals surface area contributed by atoms with Crippen LogP contribution in [-0.4, -0.2) is 21.2 Å². The van der Waals surface area contributed by atoms with E-state index in [1.807, 2.05) is 36.5 Å². The molecular formula is C42H32BN3O2Pt. The molecule has 240 valence electrons. The van der Waals surface area contributed by atoms with Gasteiger partial charge in [-0.2, -0.15) is 0 Å². The van der Waals surface area contributed by atoms with Gasteiger partial charge >= 0.3 is 21.1 Å². The summed E-state index contributed by atoms with van der Waals surface area (Å²) in [5.41, 5.74) is 12.3. The number of pyridine rings is 1. The molecule has 49 heavy (non-hydrogen) atoms. The molecule has 0 fully saturated rings. The zero-order chi connectivity index (χ0) is 32.7. The maximum atomic E-state index is 6.55. The molecule has 0 N–H and O–H groups in total. The van der Waals surface area contributed by atoms with Crippen LogP contribution >= 0.6 is 0 Å². The van der Waals surface area contributed by atoms with Gasteiger partial charge in [0.25, 0.3) is 0 Å². The fourth-order valence-electron chi connectivity index (χ4n) is 7.17. The summed E-state index contributed by atoms with van der Waals surface area (Å²) >= 11 is 0. The normalized spacial score (nSPS) is 12.7. The third-order valence-corrected chi connectivity index (χ3v) is 9.57. The van der Waals surface area contributed by atoms with E-state index in [2.05, 4.69) is 118 Å². The van der Waals surface area contributed by atoms with Crippen LogP contribution in [0.15, 0.2) is 103 Å². The van der Waals surface area contributed by atoms with E-state index >= 15 is 0 Å². The minimum absolute atomic E-state index is 0. The Morgan fingerprint density at radius 3 is 2.02 bits per heavy atom. The summed E-state index contributed by atoms with van der Waals surface area (Å²) in [7, 11) is 0. The molecule has 0 saturated heterocycles. The van der Waals surface area contributed by atoms with Gasteiger partial charge in [-0.25, -0.2) is 0 Å². The molecule has 5 nitrogen and oxygen atoms in total. The molecule has 0 atom stereocenters. The maximum Gasteiger partial charge on any atom is 2.00 e. The number of aromatic nitrogens is 3. The molecule has 9 rings (SSSR count). The number of fused-ring (bicyclic) bond motifs is 5. The number of ether oxygens (including phenoxy) is 2. The van der Waals surface area contributed by atoms with Gasteiger partial charge in [-0.05, 0) is 72.0 Å². The van der Waals surface area contributed by atoms with Crippen LogP contribution in [0.4, 0.5) is 0 Å². The summed E-state index contributed by atoms with van der Waals surface area (Å²) in [6.07, 6.45) is 1.89. The summed E-state index contributed by atoms with van der Waals surface area (Å²) in [5.74, 6) is 3.94. The van der Waals surface area contributed by atoms with E-state index in [4.69, 9.17) is 19.4 Å². The number of hydrogen-bond acceptors (Lipinski definition) is 4. The summed E-state index contributed by atoms with van der Waals surface area (Å²) < 4.78 is 15.3. The van der Waals surface area contributed by atoms with Gasteiger partial charge in [0.2, 0.25) is 6.71 Å². The largest absolute Gasteiger partial charge is 2.00 e. The quantitative estimate of drug-likeness (QED) is 0.134. The molecule has 4 heterocycles. The topological polar surface area (TPSA) is 49.2 Å². The van der Waals surface area contributed by atoms with Crippen LogP contribution in [0.2, 0.25) is 0 Å². The number of nitrogens with zero attached hydrogens (tertiary/aromatic N) is 3. The Morgan fingerprint density at radius 1 is 0.694 bits per heavy atom. The fourth-order valence-corrected chi connectivity index (χ4v) is 7.17. The number of imidazole rings is 1. The standard InChI is InChI=1S/C42H32BN3O2.Pt/c1-25-10-8-11-26(2)40(25)46-34-13-7-6-12-32(34)45-41(46)28-17-19-36-31(23-28)43-30-22-27(33-24-29(20-21-44-33)42(3,4)5)16-18-35(30)47-37-14-9-15-38(48-36)39(37)43;/h6-21,24H,1-5H3;/q-2;+2. The molecule has 2 aliphatic rings. The van der Waals surface area contributed by atoms with Crippen molar-refractivity contribution in [2.75, 3.05) is 0 Å². The van der Waals surface area contributed by atoms with Gasteiger partial charge < -0.3 is 19.0 Å². The van der Waals surface area contributed by atoms with Gasteiger partial charge in [-0.15, -0.1) is 58.5 Å². The molecule has 0 spiro atoms. The number of aryl methyl sites for hydroxylation is 2. The van der Waals surface area contributed by atoms with Gasteiger partial charge in [-0.3, -0.25) is 4.98 Å². The van der Waals surface area contributed by atoms with Crippen LogP contribution in [0, 0.1) is 26.0 Å². The molecule has 2 aliphatic heterocycles. The van der Waals surface area contributed by atoms with Gasteiger partial charge in [-0.1, -0.05) is 63.2 Å². The first kappa shape index (κ1) is 31.3. The molecule has 0 unspecified atom stereocenters. The van der Waals surface area contributed by atoms with E-state index in [0.29, 0.717) is 0 Å². The second kappa shape index (κ2) is 11.6. The second-order valence-electron chi connectivity index (χ2n) is 13.8. The number of hydrogen-bond donors (Lipinski definition) is 0. The monoisotopic (exact) mass is 816 g/mol. The zero-order valence-electron chi connectivity index (χ0n) is 27.9. The van der Waals surface area contributed by atoms with E-state index in [-0.39, 0.29) is 33.2 Å². The SMILES string of the molecule is Cc1cccc(C)c1-n1c(-c2[c-]c3c(cc2)Oc2cccc4c2B3c2[c-]c(-c3cc(C(C)(C)C)ccn3)ccc2O4)nc2ccccc21.[Pt+2]. The Hall–Kier alpha value is -4.93. The van der Waals surface area contributed by atoms with Crippen molar-refractivity contribution in [2.24, 2.45) is 0 Å². The summed E-state index contributed by atoms with van der Waals surface area (Å²) in [4.78, 5) is 9.95. The van der Waals surface area contributed by atoms with Crippen molar-refractivity contribution in [3.63, 3.8) is 0 Å². The van der Waals surface area contributed by atoms with E-state index in [9.17, 15) is 0 Å². The van der Waals surface area contributed by atoms with Crippen LogP contribution in [-0.2, 0) is 26.5 Å². The predicted octanol–water partition coefficient (Wildman–Crippen LogP) is 7.99. The molecule has 2 aromatic heterocycles. The Kier molecular flexibility index (Phi) is 7.42. The summed E-state index contributed by atoms with van der Waals surface area (Å²) in [6.45, 7) is 10.8. The number of benzene rings is 5. The van der Waals surface area contributed by atoms with Crippen molar-refractivity contribution >= 4 is 34.1 Å². The van der Waals surface area contributed by atoms with Gasteiger partial charge in [0.15, 0.2) is 0 Å². The first-order valence-corrected chi connectivity index (χ1v) is 16.4. The van der Waals surface area contributed by atoms with Crippen molar-refractivity contribution in [3.05, 3.63) is 132 Å². The van der Waals surface area contributed by atoms with Crippen molar-refractivity contribution in [2.45, 2.75) is 40.0 Å². The van der Waals surface area contributed by atoms with Crippen molar-refractivity contribution in [1.82, 2.24) is 14.5 Å². The minimum Gasteiger partial charge on any atom is -0.503 e. The molecule has 0 aliphatic carbocycles. The van der Waals surface area contributed by atoms with Crippen LogP contribution in [0.25, 0.3) is 39.4 Å². The van der Waals surface area contributed by atoms with Crippen molar-refractivity contribution in [1.29, 1.82) is 0 Å². The molecule has 0 amide bonds. The van der Waals surface area contributed by atoms with Gasteiger partial charge in [0.05, 0.1) is 16.9 Å². The van der Waals surface area contributed by atoms with E-state index < -0.39 is 0 Å². The van der Waals surface area contributed by atoms with Crippen molar-refractivity contribution in [3.8, 4) is 51.3 Å². The van der Waals surface area contributed by atoms with E-state index in [1.54, 1.807) is 0 Å². The third kappa shape index (κ3) is 5.04. The van der Waals surface area contributed by atoms with Crippen LogP contribution < -0.4 is 25.9 Å². The fraction of sp³-hybridized carbons (Fsp3) is 0.143. The average molecular weight is 817 g/mol. The van der Waals surface area contributed by atoms with Gasteiger partial charge in [0.1, 0.15) is 11.5 Å². The van der Waals surface area contributed by atoms with Crippen molar-refractivity contribution < 1.29 is 30.5 Å². The molecule has 7 heteroatoms. The number of rotatable bonds is 3. The first-order chi connectivity index (χ1) is 23.2. The maximum absolute atomic E-state index is 6.55. The number of para-hydroxylation sites is 3. The van der Waals surface area contributed by atoms with E-state index in [0.717, 1.165) is 78.8 Å². The molecule has 0 saturated carbocycles. The average Bonchev–Trinajstić information content (AvgIpc) is 3.46. The third-order valence-electron chi connectivity index (χ3n) is 9.57. The minimum atomic E-state index is -0.201. The molecule has 0 bridgehead atoms. The first-order valence-electron chi connectivity index (χ1n) is 16.4. The smallest absolute Gasteiger partial charge is 0.503 e. The molecule has 0 radical (unpaired) electrons.